The Labute approximate surface area is 139 Å². The fourth-order valence-electron chi connectivity index (χ4n) is 2.23. The van der Waals surface area contributed by atoms with Gasteiger partial charge in [0.1, 0.15) is 0 Å². The molecule has 1 aliphatic heterocycles. The topological polar surface area (TPSA) is 70.6 Å². The van der Waals surface area contributed by atoms with Gasteiger partial charge < -0.3 is 20.5 Å². The third-order valence-corrected chi connectivity index (χ3v) is 3.73. The number of carbonyl (C=O) groups is 1. The highest BCUT2D eigenvalue weighted by atomic mass is 35.5. The van der Waals surface area contributed by atoms with Crippen molar-refractivity contribution in [2.45, 2.75) is 19.4 Å². The van der Waals surface area contributed by atoms with Crippen molar-refractivity contribution in [3.63, 3.8) is 0 Å². The molecular formula is C15H17ClN2O3S. The molecule has 0 aromatic heterocycles. The molecular weight excluding hydrogens is 324 g/mol. The van der Waals surface area contributed by atoms with E-state index in [4.69, 9.17) is 28.6 Å². The van der Waals surface area contributed by atoms with Crippen LogP contribution in [0.1, 0.15) is 12.5 Å². The Morgan fingerprint density at radius 3 is 2.95 bits per heavy atom. The van der Waals surface area contributed by atoms with Crippen molar-refractivity contribution in [1.82, 2.24) is 10.6 Å². The number of hydrogen-bond acceptors (Lipinski definition) is 4. The van der Waals surface area contributed by atoms with Crippen LogP contribution in [0.3, 0.4) is 0 Å². The summed E-state index contributed by atoms with van der Waals surface area (Å²) in [5.41, 5.74) is 1.95. The Morgan fingerprint density at radius 2 is 2.27 bits per heavy atom. The summed E-state index contributed by atoms with van der Waals surface area (Å²) >= 11 is 10.9. The van der Waals surface area contributed by atoms with E-state index in [1.54, 1.807) is 13.0 Å². The third kappa shape index (κ3) is 4.19. The van der Waals surface area contributed by atoms with E-state index < -0.39 is 12.0 Å². The van der Waals surface area contributed by atoms with Crippen molar-refractivity contribution >= 4 is 34.9 Å². The molecule has 1 unspecified atom stereocenters. The molecule has 0 amide bonds. The van der Waals surface area contributed by atoms with Crippen LogP contribution in [0.4, 0.5) is 0 Å². The van der Waals surface area contributed by atoms with E-state index in [0.29, 0.717) is 27.8 Å². The van der Waals surface area contributed by atoms with Gasteiger partial charge in [-0.15, -0.1) is 0 Å². The molecule has 7 heteroatoms. The smallest absolute Gasteiger partial charge is 0.337 e. The van der Waals surface area contributed by atoms with Crippen LogP contribution in [0.2, 0.25) is 5.02 Å². The lowest BCUT2D eigenvalue weighted by Crippen LogP contribution is -2.51. The normalized spacial score (nSPS) is 17.8. The molecule has 1 aromatic rings. The van der Waals surface area contributed by atoms with Gasteiger partial charge in [0.2, 0.25) is 0 Å². The van der Waals surface area contributed by atoms with E-state index in [1.807, 2.05) is 18.2 Å². The average molecular weight is 341 g/mol. The predicted octanol–water partition coefficient (Wildman–Crippen LogP) is 1.54. The molecule has 1 atom stereocenters. The van der Waals surface area contributed by atoms with Gasteiger partial charge in [0.25, 0.3) is 0 Å². The number of benzene rings is 1. The number of aliphatic hydroxyl groups excluding tert-OH is 1. The lowest BCUT2D eigenvalue weighted by molar-refractivity contribution is -0.139. The van der Waals surface area contributed by atoms with Gasteiger partial charge in [-0.1, -0.05) is 23.7 Å². The second kappa shape index (κ2) is 7.58. The Hall–Kier alpha value is -1.63. The van der Waals surface area contributed by atoms with Gasteiger partial charge in [-0.2, -0.15) is 0 Å². The number of esters is 1. The Kier molecular flexibility index (Phi) is 5.76. The van der Waals surface area contributed by atoms with E-state index in [9.17, 15) is 9.90 Å². The van der Waals surface area contributed by atoms with Crippen molar-refractivity contribution in [2.24, 2.45) is 0 Å². The first-order valence-corrected chi connectivity index (χ1v) is 7.60. The van der Waals surface area contributed by atoms with Crippen LogP contribution in [0.25, 0.3) is 0 Å². The SMILES string of the molecule is CC1=C(C(=O)OCCc2cccc(Cl)c2)C(CO)NC(=S)N1. The summed E-state index contributed by atoms with van der Waals surface area (Å²) < 4.78 is 5.29. The second-order valence-electron chi connectivity index (χ2n) is 4.89. The van der Waals surface area contributed by atoms with Crippen molar-refractivity contribution in [3.05, 3.63) is 46.1 Å². The largest absolute Gasteiger partial charge is 0.462 e. The van der Waals surface area contributed by atoms with Gasteiger partial charge in [-0.3, -0.25) is 0 Å². The van der Waals surface area contributed by atoms with E-state index >= 15 is 0 Å². The molecule has 0 spiro atoms. The highest BCUT2D eigenvalue weighted by Gasteiger charge is 2.28. The maximum atomic E-state index is 12.2. The minimum atomic E-state index is -0.549. The standard InChI is InChI=1S/C15H17ClN2O3S/c1-9-13(12(8-19)18-15(22)17-9)14(20)21-6-5-10-3-2-4-11(16)7-10/h2-4,7,12,19H,5-6,8H2,1H3,(H2,17,18,22). The number of carbonyl (C=O) groups excluding carboxylic acids is 1. The van der Waals surface area contributed by atoms with Gasteiger partial charge in [-0.25, -0.2) is 4.79 Å². The van der Waals surface area contributed by atoms with Crippen LogP contribution >= 0.6 is 23.8 Å². The molecule has 5 nitrogen and oxygen atoms in total. The minimum absolute atomic E-state index is 0.235. The summed E-state index contributed by atoms with van der Waals surface area (Å²) in [6.07, 6.45) is 0.571. The fraction of sp³-hybridized carbons (Fsp3) is 0.333. The summed E-state index contributed by atoms with van der Waals surface area (Å²) in [4.78, 5) is 12.2. The van der Waals surface area contributed by atoms with Gasteiger partial charge in [0, 0.05) is 17.1 Å². The van der Waals surface area contributed by atoms with Crippen LogP contribution in [0.15, 0.2) is 35.5 Å². The van der Waals surface area contributed by atoms with E-state index in [0.717, 1.165) is 5.56 Å². The summed E-state index contributed by atoms with van der Waals surface area (Å²) in [7, 11) is 0. The van der Waals surface area contributed by atoms with E-state index in [2.05, 4.69) is 10.6 Å². The highest BCUT2D eigenvalue weighted by molar-refractivity contribution is 7.80. The zero-order valence-corrected chi connectivity index (χ0v) is 13.6. The number of ether oxygens (including phenoxy) is 1. The number of thiocarbonyl (C=S) groups is 1. The van der Waals surface area contributed by atoms with Crippen LogP contribution in [-0.2, 0) is 16.0 Å². The summed E-state index contributed by atoms with van der Waals surface area (Å²) in [6, 6.07) is 6.84. The number of aliphatic hydroxyl groups is 1. The molecule has 3 N–H and O–H groups in total. The molecule has 0 fully saturated rings. The van der Waals surface area contributed by atoms with Gasteiger partial charge in [0.05, 0.1) is 24.8 Å². The molecule has 2 rings (SSSR count). The molecule has 0 saturated carbocycles. The fourth-order valence-corrected chi connectivity index (χ4v) is 2.74. The molecule has 118 valence electrons. The van der Waals surface area contributed by atoms with Gasteiger partial charge in [0.15, 0.2) is 5.11 Å². The first-order chi connectivity index (χ1) is 10.5. The molecule has 0 radical (unpaired) electrons. The number of rotatable bonds is 5. The minimum Gasteiger partial charge on any atom is -0.462 e. The predicted molar refractivity (Wildman–Crippen MR) is 88.6 cm³/mol. The van der Waals surface area contributed by atoms with Crippen LogP contribution < -0.4 is 10.6 Å². The average Bonchev–Trinajstić information content (AvgIpc) is 2.46. The molecule has 22 heavy (non-hydrogen) atoms. The quantitative estimate of drug-likeness (QED) is 0.558. The monoisotopic (exact) mass is 340 g/mol. The summed E-state index contributed by atoms with van der Waals surface area (Å²) in [5, 5.41) is 16.1. The summed E-state index contributed by atoms with van der Waals surface area (Å²) in [6.45, 7) is 1.72. The van der Waals surface area contributed by atoms with Crippen LogP contribution in [0.5, 0.6) is 0 Å². The molecule has 1 heterocycles. The third-order valence-electron chi connectivity index (χ3n) is 3.27. The highest BCUT2D eigenvalue weighted by Crippen LogP contribution is 2.15. The van der Waals surface area contributed by atoms with Crippen molar-refractivity contribution in [2.75, 3.05) is 13.2 Å². The second-order valence-corrected chi connectivity index (χ2v) is 5.73. The molecule has 0 saturated heterocycles. The molecule has 1 aliphatic rings. The zero-order chi connectivity index (χ0) is 16.1. The van der Waals surface area contributed by atoms with E-state index in [-0.39, 0.29) is 13.2 Å². The van der Waals surface area contributed by atoms with Gasteiger partial charge in [-0.05, 0) is 36.8 Å². The maximum Gasteiger partial charge on any atom is 0.337 e. The first kappa shape index (κ1) is 16.7. The van der Waals surface area contributed by atoms with Crippen LogP contribution in [0, 0.1) is 0 Å². The Bertz CT molecular complexity index is 619. The van der Waals surface area contributed by atoms with Crippen LogP contribution in [-0.4, -0.2) is 35.4 Å². The number of halogens is 1. The molecule has 0 aliphatic carbocycles. The zero-order valence-electron chi connectivity index (χ0n) is 12.1. The number of allylic oxidation sites excluding steroid dienone is 1. The number of nitrogens with one attached hydrogen (secondary N) is 2. The van der Waals surface area contributed by atoms with Crippen molar-refractivity contribution < 1.29 is 14.6 Å². The molecule has 0 bridgehead atoms. The van der Waals surface area contributed by atoms with E-state index in [1.165, 1.54) is 0 Å². The summed E-state index contributed by atoms with van der Waals surface area (Å²) in [5.74, 6) is -0.471. The Balaban J connectivity index is 1.96. The molecule has 1 aromatic carbocycles. The lowest BCUT2D eigenvalue weighted by Gasteiger charge is -2.28. The van der Waals surface area contributed by atoms with Gasteiger partial charge >= 0.3 is 5.97 Å². The Morgan fingerprint density at radius 1 is 1.50 bits per heavy atom. The van der Waals surface area contributed by atoms with Crippen molar-refractivity contribution in [1.29, 1.82) is 0 Å². The number of hydrogen-bond donors (Lipinski definition) is 3. The maximum absolute atomic E-state index is 12.2. The first-order valence-electron chi connectivity index (χ1n) is 6.82. The van der Waals surface area contributed by atoms with Crippen molar-refractivity contribution in [3.8, 4) is 0 Å². The lowest BCUT2D eigenvalue weighted by atomic mass is 10.0.